The molecule has 3 aromatic rings. The third kappa shape index (κ3) is 8.45. The summed E-state index contributed by atoms with van der Waals surface area (Å²) in [7, 11) is 0. The molecular weight excluding hydrogens is 543 g/mol. The molecule has 1 N–H and O–H groups in total. The zero-order valence-corrected chi connectivity index (χ0v) is 21.5. The van der Waals surface area contributed by atoms with E-state index in [9.17, 15) is 28.4 Å². The minimum Gasteiger partial charge on any atom is -0.489 e. The van der Waals surface area contributed by atoms with Gasteiger partial charge in [-0.15, -0.1) is 13.2 Å². The Morgan fingerprint density at radius 1 is 1.15 bits per heavy atom. The number of imidazole rings is 1. The van der Waals surface area contributed by atoms with Crippen LogP contribution in [0.1, 0.15) is 24.8 Å². The summed E-state index contributed by atoms with van der Waals surface area (Å²) in [6.45, 7) is 1.88. The Kier molecular flexibility index (Phi) is 9.12. The molecule has 0 amide bonds. The second kappa shape index (κ2) is 12.5. The van der Waals surface area contributed by atoms with Crippen molar-refractivity contribution in [2.75, 3.05) is 24.6 Å². The van der Waals surface area contributed by atoms with Crippen molar-refractivity contribution in [1.82, 2.24) is 14.5 Å². The van der Waals surface area contributed by atoms with Crippen molar-refractivity contribution in [3.63, 3.8) is 0 Å². The first-order valence-corrected chi connectivity index (χ1v) is 12.7. The number of aliphatic hydroxyl groups excluding tert-OH is 1. The lowest BCUT2D eigenvalue weighted by Crippen LogP contribution is -2.34. The average Bonchev–Trinajstić information content (AvgIpc) is 3.28. The van der Waals surface area contributed by atoms with Gasteiger partial charge in [0.15, 0.2) is 0 Å². The minimum atomic E-state index is -4.70. The summed E-state index contributed by atoms with van der Waals surface area (Å²) in [6.07, 6.45) is 0.193. The van der Waals surface area contributed by atoms with E-state index in [0.29, 0.717) is 11.7 Å². The van der Waals surface area contributed by atoms with Gasteiger partial charge in [-0.05, 0) is 82.9 Å². The normalized spacial score (nSPS) is 15.3. The van der Waals surface area contributed by atoms with Crippen LogP contribution in [0.15, 0.2) is 48.8 Å². The summed E-state index contributed by atoms with van der Waals surface area (Å²) < 4.78 is 47.9. The molecule has 1 atom stereocenters. The molecule has 39 heavy (non-hydrogen) atoms. The highest BCUT2D eigenvalue weighted by Crippen LogP contribution is 2.28. The Hall–Kier alpha value is -3.58. The highest BCUT2D eigenvalue weighted by molar-refractivity contribution is 6.28. The number of hydrogen-bond acceptors (Lipinski definition) is 8. The number of halogens is 4. The molecule has 1 fully saturated rings. The van der Waals surface area contributed by atoms with Crippen molar-refractivity contribution >= 4 is 23.2 Å². The maximum absolute atomic E-state index is 12.3. The first-order valence-electron chi connectivity index (χ1n) is 12.3. The summed E-state index contributed by atoms with van der Waals surface area (Å²) >= 11 is 5.88. The highest BCUT2D eigenvalue weighted by Gasteiger charge is 2.31. The van der Waals surface area contributed by atoms with Gasteiger partial charge in [0.1, 0.15) is 30.1 Å². The molecule has 0 bridgehead atoms. The van der Waals surface area contributed by atoms with E-state index in [2.05, 4.69) is 19.6 Å². The van der Waals surface area contributed by atoms with Crippen LogP contribution in [0, 0.1) is 16.0 Å². The molecule has 1 aliphatic rings. The largest absolute Gasteiger partial charge is 0.573 e. The van der Waals surface area contributed by atoms with Gasteiger partial charge in [-0.2, -0.15) is 0 Å². The zero-order valence-electron chi connectivity index (χ0n) is 20.8. The molecule has 210 valence electrons. The Morgan fingerprint density at radius 3 is 2.44 bits per heavy atom. The van der Waals surface area contributed by atoms with Crippen LogP contribution < -0.4 is 14.4 Å². The smallest absolute Gasteiger partial charge is 0.489 e. The summed E-state index contributed by atoms with van der Waals surface area (Å²) in [5.41, 5.74) is 0.972. The number of hydrogen-bond donors (Lipinski definition) is 1. The van der Waals surface area contributed by atoms with Crippen LogP contribution in [-0.2, 0) is 13.0 Å². The van der Waals surface area contributed by atoms with Gasteiger partial charge in [0.25, 0.3) is 0 Å². The van der Waals surface area contributed by atoms with Gasteiger partial charge in [-0.3, -0.25) is 4.57 Å². The number of ether oxygens (including phenoxy) is 2. The number of aromatic nitrogens is 3. The molecule has 1 aliphatic heterocycles. The van der Waals surface area contributed by atoms with Crippen LogP contribution >= 0.6 is 11.6 Å². The number of pyridine rings is 1. The Bertz CT molecular complexity index is 1230. The summed E-state index contributed by atoms with van der Waals surface area (Å²) in [4.78, 5) is 20.4. The maximum atomic E-state index is 12.3. The van der Waals surface area contributed by atoms with Crippen molar-refractivity contribution < 1.29 is 32.7 Å². The molecule has 0 saturated carbocycles. The minimum absolute atomic E-state index is 0.0180. The number of benzene rings is 1. The van der Waals surface area contributed by atoms with Crippen molar-refractivity contribution in [3.8, 4) is 11.5 Å². The molecule has 4 rings (SSSR count). The van der Waals surface area contributed by atoms with Crippen molar-refractivity contribution in [2.45, 2.75) is 44.7 Å². The SMILES string of the molecule is O=[N+]([O-])c1cn(CCC(O)COc2ccc(N3CCC(Cc4ccc(OC(F)(F)F)cc4)CC3)nc2)c(Cl)n1. The topological polar surface area (TPSA) is 116 Å². The van der Waals surface area contributed by atoms with E-state index in [0.717, 1.165) is 43.7 Å². The van der Waals surface area contributed by atoms with Gasteiger partial charge in [0, 0.05) is 19.6 Å². The van der Waals surface area contributed by atoms with E-state index < -0.39 is 17.4 Å². The van der Waals surface area contributed by atoms with Crippen molar-refractivity contribution in [3.05, 3.63) is 69.8 Å². The fourth-order valence-corrected chi connectivity index (χ4v) is 4.58. The van der Waals surface area contributed by atoms with Crippen molar-refractivity contribution in [1.29, 1.82) is 0 Å². The highest BCUT2D eigenvalue weighted by atomic mass is 35.5. The van der Waals surface area contributed by atoms with Crippen LogP contribution in [0.2, 0.25) is 5.28 Å². The monoisotopic (exact) mass is 569 g/mol. The van der Waals surface area contributed by atoms with Crippen LogP contribution in [0.25, 0.3) is 0 Å². The molecule has 1 aromatic carbocycles. The molecular formula is C25H27ClF3N5O5. The fraction of sp³-hybridized carbons (Fsp3) is 0.440. The third-order valence-corrected chi connectivity index (χ3v) is 6.69. The molecule has 1 saturated heterocycles. The fourth-order valence-electron chi connectivity index (χ4n) is 4.36. The summed E-state index contributed by atoms with van der Waals surface area (Å²) in [5, 5.41) is 21.0. The van der Waals surface area contributed by atoms with Gasteiger partial charge < -0.3 is 29.6 Å². The lowest BCUT2D eigenvalue weighted by molar-refractivity contribution is -0.389. The summed E-state index contributed by atoms with van der Waals surface area (Å²) in [6, 6.07) is 9.66. The third-order valence-electron chi connectivity index (χ3n) is 6.39. The zero-order chi connectivity index (χ0) is 28.0. The standard InChI is InChI=1S/C25H27ClF3N5O5/c26-24-31-23(34(36)37)15-33(24)12-9-19(35)16-38-21-5-6-22(30-14-21)32-10-7-18(8-11-32)13-17-1-3-20(4-2-17)39-25(27,28)29/h1-6,14-15,18-19,35H,7-13,16H2. The van der Waals surface area contributed by atoms with E-state index >= 15 is 0 Å². The van der Waals surface area contributed by atoms with Gasteiger partial charge >= 0.3 is 17.5 Å². The lowest BCUT2D eigenvalue weighted by Gasteiger charge is -2.33. The molecule has 1 unspecified atom stereocenters. The van der Waals surface area contributed by atoms with Crippen LogP contribution in [0.3, 0.4) is 0 Å². The van der Waals surface area contributed by atoms with Gasteiger partial charge in [-0.1, -0.05) is 12.1 Å². The number of piperidine rings is 1. The van der Waals surface area contributed by atoms with Gasteiger partial charge in [-0.25, -0.2) is 4.98 Å². The predicted molar refractivity (Wildman–Crippen MR) is 136 cm³/mol. The van der Waals surface area contributed by atoms with Crippen LogP contribution in [0.5, 0.6) is 11.5 Å². The molecule has 0 aliphatic carbocycles. The van der Waals surface area contributed by atoms with E-state index in [1.54, 1.807) is 24.4 Å². The number of anilines is 1. The average molecular weight is 570 g/mol. The lowest BCUT2D eigenvalue weighted by atomic mass is 9.90. The maximum Gasteiger partial charge on any atom is 0.573 e. The Labute approximate surface area is 227 Å². The van der Waals surface area contributed by atoms with Crippen molar-refractivity contribution in [2.24, 2.45) is 5.92 Å². The summed E-state index contributed by atoms with van der Waals surface area (Å²) in [5.74, 6) is 1.16. The quantitative estimate of drug-likeness (QED) is 0.253. The van der Waals surface area contributed by atoms with E-state index in [1.165, 1.54) is 22.9 Å². The number of alkyl halides is 3. The number of aryl methyl sites for hydroxylation is 1. The van der Waals surface area contributed by atoms with Crippen LogP contribution in [-0.4, -0.2) is 56.7 Å². The molecule has 0 radical (unpaired) electrons. The molecule has 3 heterocycles. The molecule has 10 nitrogen and oxygen atoms in total. The number of nitrogens with zero attached hydrogens (tertiary/aromatic N) is 5. The number of aliphatic hydroxyl groups is 1. The van der Waals surface area contributed by atoms with E-state index in [4.69, 9.17) is 16.3 Å². The Balaban J connectivity index is 1.18. The molecule has 2 aromatic heterocycles. The molecule has 14 heteroatoms. The number of rotatable bonds is 11. The first-order chi connectivity index (χ1) is 18.6. The van der Waals surface area contributed by atoms with E-state index in [-0.39, 0.29) is 36.4 Å². The van der Waals surface area contributed by atoms with Gasteiger partial charge in [0.05, 0.1) is 12.3 Å². The van der Waals surface area contributed by atoms with Gasteiger partial charge in [0.2, 0.25) is 0 Å². The van der Waals surface area contributed by atoms with Crippen LogP contribution in [0.4, 0.5) is 24.8 Å². The predicted octanol–water partition coefficient (Wildman–Crippen LogP) is 5.03. The molecule has 0 spiro atoms. The second-order valence-electron chi connectivity index (χ2n) is 9.25. The van der Waals surface area contributed by atoms with E-state index in [1.807, 2.05) is 6.07 Å². The first kappa shape index (κ1) is 28.4. The number of nitro groups is 1. The second-order valence-corrected chi connectivity index (χ2v) is 9.59. The Morgan fingerprint density at radius 2 is 1.85 bits per heavy atom.